The van der Waals surface area contributed by atoms with E-state index in [1.807, 2.05) is 6.92 Å². The summed E-state index contributed by atoms with van der Waals surface area (Å²) in [7, 11) is 0. The van der Waals surface area contributed by atoms with Crippen molar-refractivity contribution in [1.29, 1.82) is 0 Å². The molecule has 1 aliphatic rings. The lowest BCUT2D eigenvalue weighted by molar-refractivity contribution is 0.0438. The number of benzene rings is 1. The van der Waals surface area contributed by atoms with Gasteiger partial charge in [0.15, 0.2) is 0 Å². The van der Waals surface area contributed by atoms with Crippen LogP contribution < -0.4 is 4.90 Å². The molecule has 1 aromatic carbocycles. The summed E-state index contributed by atoms with van der Waals surface area (Å²) in [5.74, 6) is -0.982. The average molecular weight is 304 g/mol. The molecule has 2 rings (SSSR count). The van der Waals surface area contributed by atoms with E-state index < -0.39 is 11.6 Å². The number of hydrogen-bond acceptors (Lipinski definition) is 2. The summed E-state index contributed by atoms with van der Waals surface area (Å²) in [6, 6.07) is 2.61. The predicted molar refractivity (Wildman–Crippen MR) is 77.4 cm³/mol. The van der Waals surface area contributed by atoms with Crippen molar-refractivity contribution in [2.45, 2.75) is 38.2 Å². The van der Waals surface area contributed by atoms with Crippen LogP contribution in [0.1, 0.15) is 31.7 Å². The molecule has 1 saturated heterocycles. The molecule has 0 aliphatic carbocycles. The third-order valence-corrected chi connectivity index (χ3v) is 3.79. The zero-order valence-corrected chi connectivity index (χ0v) is 12.4. The van der Waals surface area contributed by atoms with Crippen molar-refractivity contribution in [3.63, 3.8) is 0 Å². The maximum Gasteiger partial charge on any atom is 0.149 e. The van der Waals surface area contributed by atoms with Gasteiger partial charge in [0.1, 0.15) is 17.3 Å². The molecule has 0 radical (unpaired) electrons. The maximum atomic E-state index is 14.1. The molecule has 1 aromatic rings. The van der Waals surface area contributed by atoms with E-state index >= 15 is 0 Å². The van der Waals surface area contributed by atoms with E-state index in [0.29, 0.717) is 25.3 Å². The van der Waals surface area contributed by atoms with Crippen molar-refractivity contribution in [1.82, 2.24) is 0 Å². The zero-order chi connectivity index (χ0) is 14.5. The summed E-state index contributed by atoms with van der Waals surface area (Å²) in [5, 5.41) is 0. The number of anilines is 1. The van der Waals surface area contributed by atoms with Gasteiger partial charge in [-0.2, -0.15) is 0 Å². The highest BCUT2D eigenvalue weighted by Gasteiger charge is 2.25. The van der Waals surface area contributed by atoms with E-state index in [4.69, 9.17) is 16.3 Å². The first-order valence-electron chi connectivity index (χ1n) is 7.06. The second-order valence-electron chi connectivity index (χ2n) is 5.12. The molecule has 0 N–H and O–H groups in total. The van der Waals surface area contributed by atoms with E-state index in [1.165, 1.54) is 12.1 Å². The Morgan fingerprint density at radius 2 is 2.05 bits per heavy atom. The number of alkyl halides is 1. The van der Waals surface area contributed by atoms with Crippen LogP contribution in [0.5, 0.6) is 0 Å². The lowest BCUT2D eigenvalue weighted by atomic mass is 10.1. The molecule has 1 fully saturated rings. The third kappa shape index (κ3) is 3.61. The minimum Gasteiger partial charge on any atom is -0.376 e. The van der Waals surface area contributed by atoms with Gasteiger partial charge < -0.3 is 9.64 Å². The van der Waals surface area contributed by atoms with Crippen LogP contribution in [0.15, 0.2) is 12.1 Å². The van der Waals surface area contributed by atoms with Crippen LogP contribution in [0.3, 0.4) is 0 Å². The highest BCUT2D eigenvalue weighted by molar-refractivity contribution is 6.17. The molecular formula is C15H20ClF2NO. The summed E-state index contributed by atoms with van der Waals surface area (Å²) in [4.78, 5) is 1.74. The minimum absolute atomic E-state index is 0.0451. The number of nitrogens with zero attached hydrogens (tertiary/aromatic N) is 1. The van der Waals surface area contributed by atoms with Gasteiger partial charge in [0.05, 0.1) is 6.10 Å². The van der Waals surface area contributed by atoms with Crippen LogP contribution in [-0.2, 0) is 10.6 Å². The molecule has 2 nitrogen and oxygen atoms in total. The lowest BCUT2D eigenvalue weighted by Gasteiger charge is -2.34. The van der Waals surface area contributed by atoms with Gasteiger partial charge in [-0.15, -0.1) is 11.6 Å². The predicted octanol–water partition coefficient (Wildman–Crippen LogP) is 4.10. The number of rotatable bonds is 5. The molecule has 1 aliphatic heterocycles. The SMILES string of the molecule is CCCOC1CCCN(c2c(F)cc(CCl)cc2F)C1. The molecule has 1 atom stereocenters. The van der Waals surface area contributed by atoms with Gasteiger partial charge in [-0.25, -0.2) is 8.78 Å². The maximum absolute atomic E-state index is 14.1. The summed E-state index contributed by atoms with van der Waals surface area (Å²) < 4.78 is 33.9. The van der Waals surface area contributed by atoms with Crippen molar-refractivity contribution in [2.75, 3.05) is 24.6 Å². The van der Waals surface area contributed by atoms with E-state index in [0.717, 1.165) is 19.3 Å². The van der Waals surface area contributed by atoms with Gasteiger partial charge >= 0.3 is 0 Å². The number of hydrogen-bond donors (Lipinski definition) is 0. The Morgan fingerprint density at radius 1 is 1.35 bits per heavy atom. The largest absolute Gasteiger partial charge is 0.376 e. The number of halogens is 3. The van der Waals surface area contributed by atoms with Crippen molar-refractivity contribution < 1.29 is 13.5 Å². The van der Waals surface area contributed by atoms with Crippen LogP contribution in [0.2, 0.25) is 0 Å². The van der Waals surface area contributed by atoms with Crippen LogP contribution in [0.25, 0.3) is 0 Å². The fourth-order valence-corrected chi connectivity index (χ4v) is 2.71. The first-order chi connectivity index (χ1) is 9.65. The second-order valence-corrected chi connectivity index (χ2v) is 5.39. The minimum atomic E-state index is -0.545. The summed E-state index contributed by atoms with van der Waals surface area (Å²) in [6.45, 7) is 3.92. The Hall–Kier alpha value is -0.870. The van der Waals surface area contributed by atoms with Gasteiger partial charge in [-0.05, 0) is 37.0 Å². The standard InChI is InChI=1S/C15H20ClF2NO/c1-2-6-20-12-4-3-5-19(10-12)15-13(17)7-11(9-16)8-14(15)18/h7-8,12H,2-6,9-10H2,1H3. The van der Waals surface area contributed by atoms with Gasteiger partial charge in [-0.1, -0.05) is 6.92 Å². The van der Waals surface area contributed by atoms with Gasteiger partial charge in [0.25, 0.3) is 0 Å². The van der Waals surface area contributed by atoms with Gasteiger partial charge in [0, 0.05) is 25.6 Å². The van der Waals surface area contributed by atoms with Crippen LogP contribution >= 0.6 is 11.6 Å². The molecule has 1 heterocycles. The van der Waals surface area contributed by atoms with Crippen LogP contribution in [0.4, 0.5) is 14.5 Å². The van der Waals surface area contributed by atoms with Crippen LogP contribution in [-0.4, -0.2) is 25.8 Å². The molecule has 0 spiro atoms. The molecule has 112 valence electrons. The van der Waals surface area contributed by atoms with Crippen molar-refractivity contribution >= 4 is 17.3 Å². The van der Waals surface area contributed by atoms with Crippen molar-refractivity contribution in [3.05, 3.63) is 29.3 Å². The van der Waals surface area contributed by atoms with Gasteiger partial charge in [0.2, 0.25) is 0 Å². The van der Waals surface area contributed by atoms with E-state index in [1.54, 1.807) is 4.90 Å². The lowest BCUT2D eigenvalue weighted by Crippen LogP contribution is -2.40. The monoisotopic (exact) mass is 303 g/mol. The normalized spacial score (nSPS) is 19.4. The van der Waals surface area contributed by atoms with E-state index in [9.17, 15) is 8.78 Å². The quantitative estimate of drug-likeness (QED) is 0.759. The molecular weight excluding hydrogens is 284 g/mol. The smallest absolute Gasteiger partial charge is 0.149 e. The average Bonchev–Trinajstić information content (AvgIpc) is 2.44. The number of piperidine rings is 1. The molecule has 20 heavy (non-hydrogen) atoms. The molecule has 0 amide bonds. The molecule has 0 bridgehead atoms. The first kappa shape index (κ1) is 15.5. The van der Waals surface area contributed by atoms with E-state index in [2.05, 4.69) is 0 Å². The van der Waals surface area contributed by atoms with Crippen molar-refractivity contribution in [3.8, 4) is 0 Å². The van der Waals surface area contributed by atoms with Gasteiger partial charge in [-0.3, -0.25) is 0 Å². The fourth-order valence-electron chi connectivity index (χ4n) is 2.56. The topological polar surface area (TPSA) is 12.5 Å². The first-order valence-corrected chi connectivity index (χ1v) is 7.59. The second kappa shape index (κ2) is 7.23. The fraction of sp³-hybridized carbons (Fsp3) is 0.600. The zero-order valence-electron chi connectivity index (χ0n) is 11.7. The molecule has 5 heteroatoms. The number of ether oxygens (including phenoxy) is 1. The summed E-state index contributed by atoms with van der Waals surface area (Å²) in [5.41, 5.74) is 0.505. The Morgan fingerprint density at radius 3 is 2.65 bits per heavy atom. The van der Waals surface area contributed by atoms with Crippen molar-refractivity contribution in [2.24, 2.45) is 0 Å². The van der Waals surface area contributed by atoms with E-state index in [-0.39, 0.29) is 17.7 Å². The summed E-state index contributed by atoms with van der Waals surface area (Å²) in [6.07, 6.45) is 2.82. The highest BCUT2D eigenvalue weighted by Crippen LogP contribution is 2.28. The highest BCUT2D eigenvalue weighted by atomic mass is 35.5. The Balaban J connectivity index is 2.14. The van der Waals surface area contributed by atoms with Crippen LogP contribution in [0, 0.1) is 11.6 Å². The Labute approximate surface area is 123 Å². The molecule has 0 saturated carbocycles. The third-order valence-electron chi connectivity index (χ3n) is 3.48. The molecule has 1 unspecified atom stereocenters. The Bertz CT molecular complexity index is 432. The Kier molecular flexibility index (Phi) is 5.61. The molecule has 0 aromatic heterocycles. The summed E-state index contributed by atoms with van der Waals surface area (Å²) >= 11 is 5.62.